The van der Waals surface area contributed by atoms with Gasteiger partial charge in [0, 0.05) is 37.3 Å². The summed E-state index contributed by atoms with van der Waals surface area (Å²) >= 11 is 1.86. The van der Waals surface area contributed by atoms with Crippen molar-refractivity contribution in [2.75, 3.05) is 26.2 Å². The lowest BCUT2D eigenvalue weighted by molar-refractivity contribution is 0.0794. The third-order valence-electron chi connectivity index (χ3n) is 6.35. The molecular weight excluding hydrogens is 392 g/mol. The van der Waals surface area contributed by atoms with E-state index in [2.05, 4.69) is 52.7 Å². The van der Waals surface area contributed by atoms with Crippen LogP contribution in [0.15, 0.2) is 53.7 Å². The molecule has 30 heavy (non-hydrogen) atoms. The standard InChI is InChI=1S/C24H28N4OS/c1-18-4-6-21(7-5-18)30-27-13-8-19(9-14-27)20-10-15-28-23(16-20)22(17-25-28)24(29)26-11-2-3-12-26/h4-7,10,15-17,19H,2-3,8-9,11-14H2,1H3. The second-order valence-corrected chi connectivity index (χ2v) is 9.63. The fourth-order valence-corrected chi connectivity index (χ4v) is 5.48. The largest absolute Gasteiger partial charge is 0.339 e. The van der Waals surface area contributed by atoms with E-state index in [1.54, 1.807) is 6.20 Å². The van der Waals surface area contributed by atoms with Crippen LogP contribution in [-0.2, 0) is 0 Å². The van der Waals surface area contributed by atoms with Gasteiger partial charge in [0.2, 0.25) is 0 Å². The maximum Gasteiger partial charge on any atom is 0.257 e. The number of nitrogens with zero attached hydrogens (tertiary/aromatic N) is 4. The molecule has 3 aromatic rings. The van der Waals surface area contributed by atoms with Crippen LogP contribution in [0.5, 0.6) is 0 Å². The minimum atomic E-state index is 0.129. The van der Waals surface area contributed by atoms with Crippen LogP contribution in [0, 0.1) is 6.92 Å². The van der Waals surface area contributed by atoms with Crippen molar-refractivity contribution in [3.8, 4) is 0 Å². The van der Waals surface area contributed by atoms with E-state index in [-0.39, 0.29) is 5.91 Å². The van der Waals surface area contributed by atoms with Crippen LogP contribution >= 0.6 is 11.9 Å². The first-order valence-electron chi connectivity index (χ1n) is 10.9. The Hall–Kier alpha value is -2.31. The number of carbonyl (C=O) groups is 1. The highest BCUT2D eigenvalue weighted by atomic mass is 32.2. The molecular formula is C24H28N4OS. The number of fused-ring (bicyclic) bond motifs is 1. The van der Waals surface area contributed by atoms with Crippen molar-refractivity contribution in [1.82, 2.24) is 18.8 Å². The first kappa shape index (κ1) is 19.6. The van der Waals surface area contributed by atoms with E-state index in [4.69, 9.17) is 0 Å². The van der Waals surface area contributed by atoms with Crippen molar-refractivity contribution in [2.45, 2.75) is 43.4 Å². The quantitative estimate of drug-likeness (QED) is 0.571. The maximum absolute atomic E-state index is 12.9. The van der Waals surface area contributed by atoms with Crippen molar-refractivity contribution in [1.29, 1.82) is 0 Å². The molecule has 0 N–H and O–H groups in total. The summed E-state index contributed by atoms with van der Waals surface area (Å²) in [6.45, 7) is 6.02. The lowest BCUT2D eigenvalue weighted by Crippen LogP contribution is -2.28. The van der Waals surface area contributed by atoms with Gasteiger partial charge < -0.3 is 4.90 Å². The van der Waals surface area contributed by atoms with Gasteiger partial charge in [-0.3, -0.25) is 4.79 Å². The molecule has 0 atom stereocenters. The first-order chi connectivity index (χ1) is 14.7. The second-order valence-electron chi connectivity index (χ2n) is 8.46. The van der Waals surface area contributed by atoms with Gasteiger partial charge in [0.05, 0.1) is 17.3 Å². The summed E-state index contributed by atoms with van der Waals surface area (Å²) in [5.74, 6) is 0.665. The number of carbonyl (C=O) groups excluding carboxylic acids is 1. The van der Waals surface area contributed by atoms with E-state index in [1.807, 2.05) is 27.6 Å². The first-order valence-corrected chi connectivity index (χ1v) is 11.7. The van der Waals surface area contributed by atoms with E-state index < -0.39 is 0 Å². The summed E-state index contributed by atoms with van der Waals surface area (Å²) in [5, 5.41) is 4.42. The Morgan fingerprint density at radius 1 is 1.03 bits per heavy atom. The molecule has 4 heterocycles. The minimum absolute atomic E-state index is 0.129. The molecule has 2 fully saturated rings. The van der Waals surface area contributed by atoms with Crippen LogP contribution in [0.1, 0.15) is 53.1 Å². The zero-order chi connectivity index (χ0) is 20.5. The molecule has 5 nitrogen and oxygen atoms in total. The van der Waals surface area contributed by atoms with Crippen molar-refractivity contribution in [3.63, 3.8) is 0 Å². The third-order valence-corrected chi connectivity index (χ3v) is 7.46. The molecule has 1 aromatic carbocycles. The molecule has 6 heteroatoms. The molecule has 2 saturated heterocycles. The molecule has 0 spiro atoms. The van der Waals surface area contributed by atoms with Crippen molar-refractivity contribution in [2.24, 2.45) is 0 Å². The third kappa shape index (κ3) is 3.98. The predicted molar refractivity (Wildman–Crippen MR) is 121 cm³/mol. The fourth-order valence-electron chi connectivity index (χ4n) is 4.53. The molecule has 2 aliphatic rings. The average Bonchev–Trinajstić information content (AvgIpc) is 3.45. The van der Waals surface area contributed by atoms with Gasteiger partial charge in [-0.2, -0.15) is 5.10 Å². The zero-order valence-corrected chi connectivity index (χ0v) is 18.3. The number of hydrogen-bond acceptors (Lipinski definition) is 4. The average molecular weight is 421 g/mol. The Morgan fingerprint density at radius 3 is 2.50 bits per heavy atom. The molecule has 2 aromatic heterocycles. The van der Waals surface area contributed by atoms with Crippen LogP contribution in [-0.4, -0.2) is 50.9 Å². The topological polar surface area (TPSA) is 40.9 Å². The second kappa shape index (κ2) is 8.44. The maximum atomic E-state index is 12.9. The van der Waals surface area contributed by atoms with Gasteiger partial charge in [0.1, 0.15) is 0 Å². The minimum Gasteiger partial charge on any atom is -0.339 e. The van der Waals surface area contributed by atoms with Crippen LogP contribution in [0.4, 0.5) is 0 Å². The number of amides is 1. The molecule has 0 aliphatic carbocycles. The molecule has 0 radical (unpaired) electrons. The van der Waals surface area contributed by atoms with Crippen LogP contribution in [0.2, 0.25) is 0 Å². The van der Waals surface area contributed by atoms with E-state index in [0.717, 1.165) is 62.9 Å². The number of aryl methyl sites for hydroxylation is 1. The van der Waals surface area contributed by atoms with Gasteiger partial charge in [-0.15, -0.1) is 0 Å². The fraction of sp³-hybridized carbons (Fsp3) is 0.417. The summed E-state index contributed by atoms with van der Waals surface area (Å²) in [6, 6.07) is 13.1. The number of hydrogen-bond donors (Lipinski definition) is 0. The van der Waals surface area contributed by atoms with Crippen molar-refractivity contribution < 1.29 is 4.79 Å². The van der Waals surface area contributed by atoms with Gasteiger partial charge in [-0.1, -0.05) is 17.7 Å². The van der Waals surface area contributed by atoms with E-state index in [1.165, 1.54) is 16.0 Å². The summed E-state index contributed by atoms with van der Waals surface area (Å²) < 4.78 is 4.32. The smallest absolute Gasteiger partial charge is 0.257 e. The van der Waals surface area contributed by atoms with Crippen molar-refractivity contribution >= 4 is 23.4 Å². The van der Waals surface area contributed by atoms with Crippen LogP contribution < -0.4 is 0 Å². The summed E-state index contributed by atoms with van der Waals surface area (Å²) in [6.07, 6.45) is 8.24. The number of likely N-dealkylation sites (tertiary alicyclic amines) is 1. The molecule has 1 amide bonds. The highest BCUT2D eigenvalue weighted by molar-refractivity contribution is 7.97. The normalized spacial score (nSPS) is 18.4. The van der Waals surface area contributed by atoms with Gasteiger partial charge in [-0.05, 0) is 80.3 Å². The molecule has 0 saturated carbocycles. The molecule has 0 bridgehead atoms. The lowest BCUT2D eigenvalue weighted by atomic mass is 9.90. The number of rotatable bonds is 4. The Bertz CT molecular complexity index is 1030. The zero-order valence-electron chi connectivity index (χ0n) is 17.5. The van der Waals surface area contributed by atoms with E-state index in [0.29, 0.717) is 5.92 Å². The lowest BCUT2D eigenvalue weighted by Gasteiger charge is -2.31. The number of pyridine rings is 1. The Balaban J connectivity index is 1.28. The van der Waals surface area contributed by atoms with E-state index >= 15 is 0 Å². The van der Waals surface area contributed by atoms with Gasteiger partial charge in [-0.25, -0.2) is 8.82 Å². The molecule has 5 rings (SSSR count). The summed E-state index contributed by atoms with van der Waals surface area (Å²) in [4.78, 5) is 16.2. The van der Waals surface area contributed by atoms with E-state index in [9.17, 15) is 4.79 Å². The molecule has 0 unspecified atom stereocenters. The van der Waals surface area contributed by atoms with Gasteiger partial charge in [0.15, 0.2) is 0 Å². The highest BCUT2D eigenvalue weighted by Gasteiger charge is 2.25. The number of aromatic nitrogens is 2. The van der Waals surface area contributed by atoms with Crippen LogP contribution in [0.3, 0.4) is 0 Å². The summed E-state index contributed by atoms with van der Waals surface area (Å²) in [5.41, 5.74) is 4.32. The predicted octanol–water partition coefficient (Wildman–Crippen LogP) is 4.77. The number of benzene rings is 1. The molecule has 156 valence electrons. The Kier molecular flexibility index (Phi) is 5.52. The SMILES string of the molecule is Cc1ccc(SN2CCC(c3ccn4ncc(C(=O)N5CCCC5)c4c3)CC2)cc1. The Labute approximate surface area is 182 Å². The van der Waals surface area contributed by atoms with Gasteiger partial charge in [0.25, 0.3) is 5.91 Å². The molecule has 2 aliphatic heterocycles. The van der Waals surface area contributed by atoms with Crippen LogP contribution in [0.25, 0.3) is 5.52 Å². The van der Waals surface area contributed by atoms with Crippen molar-refractivity contribution in [3.05, 3.63) is 65.5 Å². The Morgan fingerprint density at radius 2 is 1.77 bits per heavy atom. The monoisotopic (exact) mass is 420 g/mol. The highest BCUT2D eigenvalue weighted by Crippen LogP contribution is 2.34. The number of piperidine rings is 1. The summed E-state index contributed by atoms with van der Waals surface area (Å²) in [7, 11) is 0. The van der Waals surface area contributed by atoms with Gasteiger partial charge >= 0.3 is 0 Å².